The minimum atomic E-state index is -0.342. The third-order valence-corrected chi connectivity index (χ3v) is 4.15. The lowest BCUT2D eigenvalue weighted by Crippen LogP contribution is -2.17. The highest BCUT2D eigenvalue weighted by molar-refractivity contribution is 6.30. The molecule has 0 radical (unpaired) electrons. The third-order valence-electron chi connectivity index (χ3n) is 3.92. The summed E-state index contributed by atoms with van der Waals surface area (Å²) in [5, 5.41) is 4.88. The van der Waals surface area contributed by atoms with E-state index in [9.17, 15) is 4.79 Å². The number of hydrogen-bond acceptors (Lipinski definition) is 4. The molecule has 1 N–H and O–H groups in total. The highest BCUT2D eigenvalue weighted by Gasteiger charge is 2.07. The number of hydrogen-bond donors (Lipinski definition) is 1. The van der Waals surface area contributed by atoms with Crippen molar-refractivity contribution < 1.29 is 9.15 Å². The van der Waals surface area contributed by atoms with Gasteiger partial charge in [-0.2, -0.15) is 0 Å². The second-order valence-electron chi connectivity index (χ2n) is 5.77. The molecular formula is C20H20ClNO3. The molecule has 5 heteroatoms. The van der Waals surface area contributed by atoms with Gasteiger partial charge in [0.25, 0.3) is 0 Å². The van der Waals surface area contributed by atoms with Crippen molar-refractivity contribution in [1.82, 2.24) is 5.32 Å². The first-order valence-electron chi connectivity index (χ1n) is 8.30. The Morgan fingerprint density at radius 1 is 1.16 bits per heavy atom. The molecule has 0 saturated carbocycles. The Labute approximate surface area is 151 Å². The smallest absolute Gasteiger partial charge is 0.336 e. The van der Waals surface area contributed by atoms with Crippen LogP contribution in [0.25, 0.3) is 11.0 Å². The minimum Gasteiger partial charge on any atom is -0.489 e. The largest absolute Gasteiger partial charge is 0.489 e. The lowest BCUT2D eigenvalue weighted by Gasteiger charge is -2.09. The zero-order valence-electron chi connectivity index (χ0n) is 14.0. The molecule has 3 aromatic rings. The topological polar surface area (TPSA) is 51.5 Å². The molecule has 0 unspecified atom stereocenters. The molecule has 4 nitrogen and oxygen atoms in total. The lowest BCUT2D eigenvalue weighted by atomic mass is 10.1. The summed E-state index contributed by atoms with van der Waals surface area (Å²) in [4.78, 5) is 11.8. The lowest BCUT2D eigenvalue weighted by molar-refractivity contribution is 0.306. The Morgan fingerprint density at radius 2 is 2.04 bits per heavy atom. The van der Waals surface area contributed by atoms with Crippen LogP contribution in [0.15, 0.2) is 57.7 Å². The maximum absolute atomic E-state index is 11.8. The van der Waals surface area contributed by atoms with Crippen LogP contribution < -0.4 is 15.7 Å². The fourth-order valence-corrected chi connectivity index (χ4v) is 2.91. The van der Waals surface area contributed by atoms with Gasteiger partial charge >= 0.3 is 5.63 Å². The summed E-state index contributed by atoms with van der Waals surface area (Å²) in [6.45, 7) is 4.18. The molecule has 130 valence electrons. The van der Waals surface area contributed by atoms with Crippen LogP contribution in [-0.4, -0.2) is 13.1 Å². The Hall–Kier alpha value is -2.30. The van der Waals surface area contributed by atoms with Crippen LogP contribution in [0, 0.1) is 0 Å². The summed E-state index contributed by atoms with van der Waals surface area (Å²) in [5.41, 5.74) is 2.16. The number of fused-ring (bicyclic) bond motifs is 1. The molecule has 0 saturated heterocycles. The number of benzene rings is 2. The van der Waals surface area contributed by atoms with Gasteiger partial charge in [0, 0.05) is 22.5 Å². The van der Waals surface area contributed by atoms with Gasteiger partial charge in [-0.25, -0.2) is 4.79 Å². The van der Waals surface area contributed by atoms with Gasteiger partial charge in [0.2, 0.25) is 0 Å². The molecule has 1 heterocycles. The van der Waals surface area contributed by atoms with Crippen LogP contribution in [0.1, 0.15) is 18.1 Å². The molecule has 0 aliphatic carbocycles. The van der Waals surface area contributed by atoms with Crippen molar-refractivity contribution >= 4 is 22.6 Å². The summed E-state index contributed by atoms with van der Waals surface area (Å²) in [5.74, 6) is 0.652. The van der Waals surface area contributed by atoms with Gasteiger partial charge in [-0.05, 0) is 54.9 Å². The number of likely N-dealkylation sites (N-methyl/N-ethyl adjacent to an activating group) is 1. The van der Waals surface area contributed by atoms with Crippen molar-refractivity contribution in [2.24, 2.45) is 0 Å². The fourth-order valence-electron chi connectivity index (χ4n) is 2.70. The molecule has 0 amide bonds. The van der Waals surface area contributed by atoms with E-state index < -0.39 is 0 Å². The van der Waals surface area contributed by atoms with Crippen LogP contribution in [0.2, 0.25) is 5.02 Å². The first-order chi connectivity index (χ1) is 12.2. The fraction of sp³-hybridized carbons (Fsp3) is 0.250. The van der Waals surface area contributed by atoms with Crippen molar-refractivity contribution in [1.29, 1.82) is 0 Å². The molecular weight excluding hydrogens is 338 g/mol. The summed E-state index contributed by atoms with van der Waals surface area (Å²) in [6, 6.07) is 14.7. The van der Waals surface area contributed by atoms with Crippen molar-refractivity contribution in [2.75, 3.05) is 13.1 Å². The Kier molecular flexibility index (Phi) is 5.74. The monoisotopic (exact) mass is 357 g/mol. The molecule has 0 aliphatic heterocycles. The standard InChI is InChI=1S/C20H20ClNO3/c1-2-22-9-8-15-11-20(23)25-19-12-17(6-7-18(15)19)24-13-14-4-3-5-16(21)10-14/h3-7,10-12,22H,2,8-9,13H2,1H3. The molecule has 0 fully saturated rings. The second-order valence-corrected chi connectivity index (χ2v) is 6.21. The predicted octanol–water partition coefficient (Wildman–Crippen LogP) is 4.18. The minimum absolute atomic E-state index is 0.342. The first-order valence-corrected chi connectivity index (χ1v) is 8.68. The number of halogens is 1. The van der Waals surface area contributed by atoms with Crippen molar-refractivity contribution in [3.8, 4) is 5.75 Å². The summed E-state index contributed by atoms with van der Waals surface area (Å²) >= 11 is 5.98. The maximum atomic E-state index is 11.8. The predicted molar refractivity (Wildman–Crippen MR) is 101 cm³/mol. The van der Waals surface area contributed by atoms with Crippen LogP contribution in [0.3, 0.4) is 0 Å². The first kappa shape index (κ1) is 17.5. The second kappa shape index (κ2) is 8.19. The van der Waals surface area contributed by atoms with Gasteiger partial charge in [0.05, 0.1) is 0 Å². The maximum Gasteiger partial charge on any atom is 0.336 e. The van der Waals surface area contributed by atoms with Crippen molar-refractivity contribution in [3.63, 3.8) is 0 Å². The van der Waals surface area contributed by atoms with Crippen LogP contribution >= 0.6 is 11.6 Å². The Balaban J connectivity index is 1.80. The number of rotatable bonds is 7. The van der Waals surface area contributed by atoms with Crippen LogP contribution in [-0.2, 0) is 13.0 Å². The summed E-state index contributed by atoms with van der Waals surface area (Å²) in [6.07, 6.45) is 0.776. The highest BCUT2D eigenvalue weighted by atomic mass is 35.5. The summed E-state index contributed by atoms with van der Waals surface area (Å²) in [7, 11) is 0. The highest BCUT2D eigenvalue weighted by Crippen LogP contribution is 2.24. The van der Waals surface area contributed by atoms with Gasteiger partial charge in [0.15, 0.2) is 0 Å². The van der Waals surface area contributed by atoms with E-state index in [1.807, 2.05) is 36.4 Å². The third kappa shape index (κ3) is 4.62. The van der Waals surface area contributed by atoms with Gasteiger partial charge in [-0.1, -0.05) is 30.7 Å². The zero-order chi connectivity index (χ0) is 17.6. The van der Waals surface area contributed by atoms with E-state index in [-0.39, 0.29) is 5.63 Å². The molecule has 25 heavy (non-hydrogen) atoms. The molecule has 0 bridgehead atoms. The molecule has 0 aliphatic rings. The van der Waals surface area contributed by atoms with Crippen molar-refractivity contribution in [2.45, 2.75) is 20.0 Å². The van der Waals surface area contributed by atoms with Crippen LogP contribution in [0.4, 0.5) is 0 Å². The molecule has 3 rings (SSSR count). The number of nitrogens with one attached hydrogen (secondary N) is 1. The molecule has 0 spiro atoms. The van der Waals surface area contributed by atoms with Crippen LogP contribution in [0.5, 0.6) is 5.75 Å². The van der Waals surface area contributed by atoms with E-state index in [2.05, 4.69) is 12.2 Å². The normalized spacial score (nSPS) is 11.0. The SMILES string of the molecule is CCNCCc1cc(=O)oc2cc(OCc3cccc(Cl)c3)ccc12. The Morgan fingerprint density at radius 3 is 2.84 bits per heavy atom. The van der Waals surface area contributed by atoms with Gasteiger partial charge in [-0.15, -0.1) is 0 Å². The quantitative estimate of drug-likeness (QED) is 0.509. The van der Waals surface area contributed by atoms with E-state index in [0.717, 1.165) is 36.0 Å². The average Bonchev–Trinajstić information content (AvgIpc) is 2.60. The molecule has 1 aromatic heterocycles. The van der Waals surface area contributed by atoms with E-state index in [4.69, 9.17) is 20.8 Å². The van der Waals surface area contributed by atoms with Gasteiger partial charge in [-0.3, -0.25) is 0 Å². The van der Waals surface area contributed by atoms with Crippen molar-refractivity contribution in [3.05, 3.63) is 75.1 Å². The molecule has 2 aromatic carbocycles. The van der Waals surface area contributed by atoms with E-state index in [1.54, 1.807) is 12.1 Å². The average molecular weight is 358 g/mol. The molecule has 0 atom stereocenters. The summed E-state index contributed by atoms with van der Waals surface area (Å²) < 4.78 is 11.1. The number of ether oxygens (including phenoxy) is 1. The van der Waals surface area contributed by atoms with E-state index in [1.165, 1.54) is 0 Å². The Bertz CT molecular complexity index is 920. The van der Waals surface area contributed by atoms with Gasteiger partial charge < -0.3 is 14.5 Å². The van der Waals surface area contributed by atoms with E-state index in [0.29, 0.717) is 23.0 Å². The zero-order valence-corrected chi connectivity index (χ0v) is 14.8. The van der Waals surface area contributed by atoms with Gasteiger partial charge in [0.1, 0.15) is 17.9 Å². The van der Waals surface area contributed by atoms with E-state index >= 15 is 0 Å².